The van der Waals surface area contributed by atoms with Crippen LogP contribution in [0.25, 0.3) is 21.5 Å². The number of aryl methyl sites for hydroxylation is 1. The van der Waals surface area contributed by atoms with Gasteiger partial charge in [-0.2, -0.15) is 0 Å². The lowest BCUT2D eigenvalue weighted by atomic mass is 10.1. The van der Waals surface area contributed by atoms with Crippen LogP contribution in [0.2, 0.25) is 0 Å². The van der Waals surface area contributed by atoms with E-state index < -0.39 is 0 Å². The van der Waals surface area contributed by atoms with E-state index >= 15 is 0 Å². The standard InChI is InChI=1S/C19H21N5OS/c1-13-22-23-19(26-13)15-7-14-8-16(20-11-18(14)21-10-15)9-17(25)12-24-5-3-2-4-6-24/h7-8,10-11H,2-6,9,12H2,1H3. The van der Waals surface area contributed by atoms with Crippen LogP contribution >= 0.6 is 11.3 Å². The SMILES string of the molecule is Cc1nnc(-c2cnc3cnc(CC(=O)CN4CCCCC4)cc3c2)s1. The summed E-state index contributed by atoms with van der Waals surface area (Å²) in [6, 6.07) is 4.01. The number of hydrogen-bond acceptors (Lipinski definition) is 7. The van der Waals surface area contributed by atoms with Crippen molar-refractivity contribution in [1.82, 2.24) is 25.1 Å². The molecule has 0 amide bonds. The van der Waals surface area contributed by atoms with Crippen LogP contribution in [-0.4, -0.2) is 50.5 Å². The average molecular weight is 367 g/mol. The van der Waals surface area contributed by atoms with Crippen molar-refractivity contribution in [3.05, 3.63) is 35.2 Å². The number of nitrogens with zero attached hydrogens (tertiary/aromatic N) is 5. The number of carbonyl (C=O) groups is 1. The monoisotopic (exact) mass is 367 g/mol. The van der Waals surface area contributed by atoms with Crippen LogP contribution in [-0.2, 0) is 11.2 Å². The molecule has 1 saturated heterocycles. The number of pyridine rings is 2. The van der Waals surface area contributed by atoms with Crippen molar-refractivity contribution in [2.45, 2.75) is 32.6 Å². The summed E-state index contributed by atoms with van der Waals surface area (Å²) in [5.41, 5.74) is 2.56. The summed E-state index contributed by atoms with van der Waals surface area (Å²) < 4.78 is 0. The fourth-order valence-corrected chi connectivity index (χ4v) is 4.00. The number of aromatic nitrogens is 4. The third kappa shape index (κ3) is 3.94. The Morgan fingerprint density at radius 2 is 1.96 bits per heavy atom. The molecule has 3 aromatic rings. The molecule has 0 saturated carbocycles. The molecule has 0 unspecified atom stereocenters. The van der Waals surface area contributed by atoms with Gasteiger partial charge in [0.2, 0.25) is 0 Å². The molecule has 7 heteroatoms. The fourth-order valence-electron chi connectivity index (χ4n) is 3.33. The van der Waals surface area contributed by atoms with E-state index in [0.29, 0.717) is 13.0 Å². The summed E-state index contributed by atoms with van der Waals surface area (Å²) in [4.78, 5) is 23.5. The molecule has 1 aliphatic rings. The number of likely N-dealkylation sites (tertiary alicyclic amines) is 1. The lowest BCUT2D eigenvalue weighted by Gasteiger charge is -2.25. The topological polar surface area (TPSA) is 71.9 Å². The molecule has 0 N–H and O–H groups in total. The lowest BCUT2D eigenvalue weighted by molar-refractivity contribution is -0.119. The maximum atomic E-state index is 12.4. The molecule has 4 heterocycles. The highest BCUT2D eigenvalue weighted by Crippen LogP contribution is 2.25. The zero-order valence-electron chi connectivity index (χ0n) is 14.8. The zero-order chi connectivity index (χ0) is 17.9. The summed E-state index contributed by atoms with van der Waals surface area (Å²) in [5.74, 6) is 0.225. The van der Waals surface area contributed by atoms with Crippen LogP contribution in [0.1, 0.15) is 30.0 Å². The highest BCUT2D eigenvalue weighted by Gasteiger charge is 2.15. The number of fused-ring (bicyclic) bond motifs is 1. The zero-order valence-corrected chi connectivity index (χ0v) is 15.6. The van der Waals surface area contributed by atoms with Gasteiger partial charge >= 0.3 is 0 Å². The van der Waals surface area contributed by atoms with Crippen LogP contribution in [0, 0.1) is 6.92 Å². The van der Waals surface area contributed by atoms with Gasteiger partial charge in [0.15, 0.2) is 5.78 Å². The summed E-state index contributed by atoms with van der Waals surface area (Å²) in [5, 5.41) is 11.0. The number of rotatable bonds is 5. The Labute approximate surface area is 156 Å². The fraction of sp³-hybridized carbons (Fsp3) is 0.421. The molecule has 134 valence electrons. The number of hydrogen-bond donors (Lipinski definition) is 0. The van der Waals surface area contributed by atoms with Crippen LogP contribution in [0.15, 0.2) is 24.5 Å². The van der Waals surface area contributed by atoms with Gasteiger partial charge in [-0.15, -0.1) is 10.2 Å². The summed E-state index contributed by atoms with van der Waals surface area (Å²) >= 11 is 1.55. The minimum absolute atomic E-state index is 0.225. The average Bonchev–Trinajstić information content (AvgIpc) is 3.08. The first kappa shape index (κ1) is 17.2. The summed E-state index contributed by atoms with van der Waals surface area (Å²) in [7, 11) is 0. The van der Waals surface area contributed by atoms with E-state index in [4.69, 9.17) is 0 Å². The van der Waals surface area contributed by atoms with E-state index in [9.17, 15) is 4.79 Å². The van der Waals surface area contributed by atoms with E-state index in [1.54, 1.807) is 23.7 Å². The van der Waals surface area contributed by atoms with Crippen molar-refractivity contribution in [3.63, 3.8) is 0 Å². The third-order valence-electron chi connectivity index (χ3n) is 4.62. The maximum Gasteiger partial charge on any atom is 0.152 e. The number of Topliss-reactive ketones (excluding diaryl/α,β-unsaturated/α-hetero) is 1. The molecule has 1 fully saturated rings. The van der Waals surface area contributed by atoms with Crippen molar-refractivity contribution in [2.75, 3.05) is 19.6 Å². The molecule has 0 bridgehead atoms. The first-order chi connectivity index (χ1) is 12.7. The highest BCUT2D eigenvalue weighted by molar-refractivity contribution is 7.14. The molecule has 3 aromatic heterocycles. The number of carbonyl (C=O) groups excluding carboxylic acids is 1. The lowest BCUT2D eigenvalue weighted by Crippen LogP contribution is -2.35. The van der Waals surface area contributed by atoms with Crippen molar-refractivity contribution in [2.24, 2.45) is 0 Å². The second-order valence-corrected chi connectivity index (χ2v) is 7.95. The Balaban J connectivity index is 1.51. The first-order valence-corrected chi connectivity index (χ1v) is 9.78. The maximum absolute atomic E-state index is 12.4. The van der Waals surface area contributed by atoms with Crippen molar-refractivity contribution in [3.8, 4) is 10.6 Å². The molecule has 1 aliphatic heterocycles. The molecule has 4 rings (SSSR count). The minimum Gasteiger partial charge on any atom is -0.298 e. The van der Waals surface area contributed by atoms with Crippen LogP contribution in [0.4, 0.5) is 0 Å². The molecular weight excluding hydrogens is 346 g/mol. The normalized spacial score (nSPS) is 15.4. The van der Waals surface area contributed by atoms with E-state index in [2.05, 4.69) is 25.1 Å². The quantitative estimate of drug-likeness (QED) is 0.690. The van der Waals surface area contributed by atoms with Gasteiger partial charge in [-0.1, -0.05) is 17.8 Å². The molecule has 0 aliphatic carbocycles. The smallest absolute Gasteiger partial charge is 0.152 e. The Morgan fingerprint density at radius 3 is 2.73 bits per heavy atom. The molecule has 6 nitrogen and oxygen atoms in total. The first-order valence-electron chi connectivity index (χ1n) is 8.96. The second kappa shape index (κ2) is 7.55. The van der Waals surface area contributed by atoms with Crippen LogP contribution in [0.3, 0.4) is 0 Å². The molecular formula is C19H21N5OS. The minimum atomic E-state index is 0.225. The second-order valence-electron chi connectivity index (χ2n) is 6.77. The van der Waals surface area contributed by atoms with Crippen molar-refractivity contribution in [1.29, 1.82) is 0 Å². The van der Waals surface area contributed by atoms with Crippen LogP contribution in [0.5, 0.6) is 0 Å². The van der Waals surface area contributed by atoms with Crippen molar-refractivity contribution < 1.29 is 4.79 Å². The number of ketones is 1. The molecule has 0 radical (unpaired) electrons. The molecule has 0 aromatic carbocycles. The predicted octanol–water partition coefficient (Wildman–Crippen LogP) is 3.05. The van der Waals surface area contributed by atoms with Gasteiger partial charge in [-0.3, -0.25) is 19.7 Å². The largest absolute Gasteiger partial charge is 0.298 e. The Morgan fingerprint density at radius 1 is 1.12 bits per heavy atom. The van der Waals surface area contributed by atoms with Gasteiger partial charge in [-0.25, -0.2) is 0 Å². The Bertz CT molecular complexity index is 933. The third-order valence-corrected chi connectivity index (χ3v) is 5.51. The van der Waals surface area contributed by atoms with E-state index in [1.807, 2.05) is 19.1 Å². The van der Waals surface area contributed by atoms with Gasteiger partial charge in [-0.05, 0) is 45.0 Å². The van der Waals surface area contributed by atoms with Gasteiger partial charge in [0.1, 0.15) is 10.0 Å². The summed E-state index contributed by atoms with van der Waals surface area (Å²) in [6.07, 6.45) is 7.58. The molecule has 0 atom stereocenters. The van der Waals surface area contributed by atoms with E-state index in [0.717, 1.165) is 45.3 Å². The van der Waals surface area contributed by atoms with Crippen LogP contribution < -0.4 is 0 Å². The Kier molecular flexibility index (Phi) is 4.99. The van der Waals surface area contributed by atoms with E-state index in [1.165, 1.54) is 19.3 Å². The van der Waals surface area contributed by atoms with Gasteiger partial charge in [0, 0.05) is 22.8 Å². The van der Waals surface area contributed by atoms with Gasteiger partial charge < -0.3 is 0 Å². The Hall–Kier alpha value is -2.25. The predicted molar refractivity (Wildman–Crippen MR) is 102 cm³/mol. The van der Waals surface area contributed by atoms with Crippen molar-refractivity contribution >= 4 is 28.0 Å². The van der Waals surface area contributed by atoms with Gasteiger partial charge in [0.05, 0.1) is 24.7 Å². The molecule has 26 heavy (non-hydrogen) atoms. The van der Waals surface area contributed by atoms with E-state index in [-0.39, 0.29) is 5.78 Å². The highest BCUT2D eigenvalue weighted by atomic mass is 32.1. The van der Waals surface area contributed by atoms with Gasteiger partial charge in [0.25, 0.3) is 0 Å². The molecule has 0 spiro atoms. The summed E-state index contributed by atoms with van der Waals surface area (Å²) in [6.45, 7) is 4.53. The number of piperidine rings is 1.